The summed E-state index contributed by atoms with van der Waals surface area (Å²) in [4.78, 5) is 2.22. The molecule has 1 heterocycles. The Hall–Kier alpha value is -1.11. The Kier molecular flexibility index (Phi) is 5.83. The number of likely N-dealkylation sites (tertiary alicyclic amines) is 1. The second kappa shape index (κ2) is 7.44. The van der Waals surface area contributed by atoms with Gasteiger partial charge in [-0.2, -0.15) is 8.42 Å². The monoisotopic (exact) mass is 327 g/mol. The van der Waals surface area contributed by atoms with Gasteiger partial charge in [-0.15, -0.1) is 0 Å². The molecule has 6 heteroatoms. The first-order chi connectivity index (χ1) is 10.4. The summed E-state index contributed by atoms with van der Waals surface area (Å²) >= 11 is 0. The maximum Gasteiger partial charge on any atom is 0.264 e. The highest BCUT2D eigenvalue weighted by Crippen LogP contribution is 2.33. The average molecular weight is 327 g/mol. The highest BCUT2D eigenvalue weighted by atomic mass is 32.2. The van der Waals surface area contributed by atoms with Crippen LogP contribution in [0.3, 0.4) is 0 Å². The van der Waals surface area contributed by atoms with Crippen molar-refractivity contribution in [3.63, 3.8) is 0 Å². The van der Waals surface area contributed by atoms with Gasteiger partial charge in [-0.3, -0.25) is 4.18 Å². The number of piperidine rings is 1. The average Bonchev–Trinajstić information content (AvgIpc) is 2.46. The molecule has 0 saturated carbocycles. The van der Waals surface area contributed by atoms with Crippen LogP contribution >= 0.6 is 0 Å². The van der Waals surface area contributed by atoms with Gasteiger partial charge >= 0.3 is 0 Å². The van der Waals surface area contributed by atoms with Crippen LogP contribution < -0.4 is 4.74 Å². The lowest BCUT2D eigenvalue weighted by atomic mass is 9.81. The van der Waals surface area contributed by atoms with E-state index in [0.29, 0.717) is 12.5 Å². The lowest BCUT2D eigenvalue weighted by molar-refractivity contribution is 0.133. The lowest BCUT2D eigenvalue weighted by Crippen LogP contribution is -2.39. The van der Waals surface area contributed by atoms with Crippen molar-refractivity contribution >= 4 is 10.1 Å². The van der Waals surface area contributed by atoms with Crippen LogP contribution in [-0.4, -0.2) is 52.9 Å². The Morgan fingerprint density at radius 3 is 2.55 bits per heavy atom. The predicted molar refractivity (Wildman–Crippen MR) is 86.8 cm³/mol. The van der Waals surface area contributed by atoms with E-state index in [2.05, 4.69) is 24.1 Å². The van der Waals surface area contributed by atoms with Gasteiger partial charge in [0.25, 0.3) is 10.1 Å². The van der Waals surface area contributed by atoms with Crippen molar-refractivity contribution in [2.75, 3.05) is 39.6 Å². The molecule has 0 aliphatic carbocycles. The molecule has 0 aromatic heterocycles. The standard InChI is InChI=1S/C16H25NO4S/c1-4-20-15-7-5-13(6-8-15)16-9-10-17(2)11-14(16)12-21-22(3,18)19/h5-8,14,16H,4,9-12H2,1-3H3/t14-,16-/m0/s1. The third-order valence-corrected chi connectivity index (χ3v) is 4.62. The fraction of sp³-hybridized carbons (Fsp3) is 0.625. The Bertz CT molecular complexity index is 570. The van der Waals surface area contributed by atoms with E-state index in [4.69, 9.17) is 8.92 Å². The molecular weight excluding hydrogens is 302 g/mol. The Labute approximate surface area is 133 Å². The van der Waals surface area contributed by atoms with Crippen LogP contribution in [0.15, 0.2) is 24.3 Å². The largest absolute Gasteiger partial charge is 0.494 e. The molecule has 124 valence electrons. The summed E-state index contributed by atoms with van der Waals surface area (Å²) in [6, 6.07) is 8.11. The van der Waals surface area contributed by atoms with Crippen molar-refractivity contribution in [3.8, 4) is 5.75 Å². The normalized spacial score (nSPS) is 23.4. The molecule has 0 amide bonds. The van der Waals surface area contributed by atoms with Crippen molar-refractivity contribution in [2.24, 2.45) is 5.92 Å². The zero-order valence-corrected chi connectivity index (χ0v) is 14.3. The summed E-state index contributed by atoms with van der Waals surface area (Å²) < 4.78 is 33.0. The van der Waals surface area contributed by atoms with Gasteiger partial charge in [-0.1, -0.05) is 12.1 Å². The molecule has 1 saturated heterocycles. The van der Waals surface area contributed by atoms with Gasteiger partial charge in [0.15, 0.2) is 0 Å². The van der Waals surface area contributed by atoms with Gasteiger partial charge in [-0.25, -0.2) is 0 Å². The molecule has 0 unspecified atom stereocenters. The summed E-state index contributed by atoms with van der Waals surface area (Å²) in [5.74, 6) is 1.35. The Morgan fingerprint density at radius 1 is 1.27 bits per heavy atom. The van der Waals surface area contributed by atoms with Crippen LogP contribution in [0.5, 0.6) is 5.75 Å². The SMILES string of the molecule is CCOc1ccc([C@@H]2CCN(C)C[C@H]2COS(C)(=O)=O)cc1. The zero-order valence-electron chi connectivity index (χ0n) is 13.5. The fourth-order valence-corrected chi connectivity index (χ4v) is 3.43. The highest BCUT2D eigenvalue weighted by molar-refractivity contribution is 7.85. The van der Waals surface area contributed by atoms with E-state index >= 15 is 0 Å². The van der Waals surface area contributed by atoms with Crippen molar-refractivity contribution < 1.29 is 17.3 Å². The fourth-order valence-electron chi connectivity index (χ4n) is 3.01. The molecule has 2 rings (SSSR count). The smallest absolute Gasteiger partial charge is 0.264 e. The second-order valence-electron chi connectivity index (χ2n) is 5.91. The molecule has 5 nitrogen and oxygen atoms in total. The number of ether oxygens (including phenoxy) is 1. The van der Waals surface area contributed by atoms with Crippen LogP contribution in [-0.2, 0) is 14.3 Å². The maximum absolute atomic E-state index is 11.3. The van der Waals surface area contributed by atoms with Crippen LogP contribution in [0.25, 0.3) is 0 Å². The molecule has 2 atom stereocenters. The minimum Gasteiger partial charge on any atom is -0.494 e. The first-order valence-electron chi connectivity index (χ1n) is 7.64. The highest BCUT2D eigenvalue weighted by Gasteiger charge is 2.30. The summed E-state index contributed by atoms with van der Waals surface area (Å²) in [5.41, 5.74) is 1.22. The van der Waals surface area contributed by atoms with Gasteiger partial charge in [0.05, 0.1) is 19.5 Å². The number of nitrogens with zero attached hydrogens (tertiary/aromatic N) is 1. The van der Waals surface area contributed by atoms with E-state index in [1.807, 2.05) is 19.1 Å². The molecule has 1 fully saturated rings. The van der Waals surface area contributed by atoms with Crippen LogP contribution in [0.1, 0.15) is 24.8 Å². The molecule has 1 aromatic carbocycles. The molecule has 0 bridgehead atoms. The molecule has 1 aliphatic heterocycles. The molecule has 0 N–H and O–H groups in total. The quantitative estimate of drug-likeness (QED) is 0.749. The van der Waals surface area contributed by atoms with Crippen LogP contribution in [0, 0.1) is 5.92 Å². The van der Waals surface area contributed by atoms with Crippen LogP contribution in [0.4, 0.5) is 0 Å². The van der Waals surface area contributed by atoms with Crippen molar-refractivity contribution in [1.82, 2.24) is 4.90 Å². The van der Waals surface area contributed by atoms with E-state index in [1.165, 1.54) is 5.56 Å². The maximum atomic E-state index is 11.3. The molecule has 0 spiro atoms. The molecule has 1 aliphatic rings. The van der Waals surface area contributed by atoms with Crippen molar-refractivity contribution in [3.05, 3.63) is 29.8 Å². The summed E-state index contributed by atoms with van der Waals surface area (Å²) in [5, 5.41) is 0. The number of rotatable bonds is 6. The Morgan fingerprint density at radius 2 is 1.95 bits per heavy atom. The third-order valence-electron chi connectivity index (χ3n) is 4.05. The van der Waals surface area contributed by atoms with Gasteiger partial charge in [0.2, 0.25) is 0 Å². The first kappa shape index (κ1) is 17.2. The predicted octanol–water partition coefficient (Wildman–Crippen LogP) is 2.10. The zero-order chi connectivity index (χ0) is 16.2. The summed E-state index contributed by atoms with van der Waals surface area (Å²) in [6.45, 7) is 4.70. The number of hydrogen-bond donors (Lipinski definition) is 0. The third kappa shape index (κ3) is 4.97. The molecular formula is C16H25NO4S. The van der Waals surface area contributed by atoms with Gasteiger partial charge in [-0.05, 0) is 50.6 Å². The lowest BCUT2D eigenvalue weighted by Gasteiger charge is -2.36. The minimum absolute atomic E-state index is 0.173. The first-order valence-corrected chi connectivity index (χ1v) is 9.46. The number of benzene rings is 1. The van der Waals surface area contributed by atoms with Crippen molar-refractivity contribution in [1.29, 1.82) is 0 Å². The van der Waals surface area contributed by atoms with Gasteiger partial charge in [0.1, 0.15) is 5.75 Å². The summed E-state index contributed by atoms with van der Waals surface area (Å²) in [7, 11) is -1.34. The second-order valence-corrected chi connectivity index (χ2v) is 7.55. The van der Waals surface area contributed by atoms with E-state index in [0.717, 1.165) is 31.5 Å². The molecule has 0 radical (unpaired) electrons. The minimum atomic E-state index is -3.40. The molecule has 1 aromatic rings. The van der Waals surface area contributed by atoms with Gasteiger partial charge in [0, 0.05) is 12.5 Å². The van der Waals surface area contributed by atoms with E-state index in [-0.39, 0.29) is 12.5 Å². The van der Waals surface area contributed by atoms with E-state index in [1.54, 1.807) is 0 Å². The topological polar surface area (TPSA) is 55.8 Å². The van der Waals surface area contributed by atoms with E-state index in [9.17, 15) is 8.42 Å². The number of hydrogen-bond acceptors (Lipinski definition) is 5. The van der Waals surface area contributed by atoms with Crippen LogP contribution in [0.2, 0.25) is 0 Å². The Balaban J connectivity index is 2.10. The molecule has 22 heavy (non-hydrogen) atoms. The van der Waals surface area contributed by atoms with E-state index < -0.39 is 10.1 Å². The van der Waals surface area contributed by atoms with Crippen molar-refractivity contribution in [2.45, 2.75) is 19.3 Å². The van der Waals surface area contributed by atoms with Gasteiger partial charge < -0.3 is 9.64 Å². The summed E-state index contributed by atoms with van der Waals surface area (Å²) in [6.07, 6.45) is 2.10.